The molecule has 1 saturated heterocycles. The Hall–Kier alpha value is -3.19. The van der Waals surface area contributed by atoms with E-state index in [2.05, 4.69) is 15.9 Å². The number of furan rings is 1. The van der Waals surface area contributed by atoms with E-state index in [-0.39, 0.29) is 16.9 Å². The first-order valence-corrected chi connectivity index (χ1v) is 9.55. The van der Waals surface area contributed by atoms with Crippen molar-refractivity contribution < 1.29 is 23.5 Å². The van der Waals surface area contributed by atoms with Gasteiger partial charge >= 0.3 is 0 Å². The number of hydrogen-bond donors (Lipinski definition) is 1. The van der Waals surface area contributed by atoms with Gasteiger partial charge in [0.15, 0.2) is 0 Å². The number of Topliss-reactive ketones (excluding diaryl/α,β-unsaturated/α-hetero) is 1. The van der Waals surface area contributed by atoms with Crippen molar-refractivity contribution in [2.45, 2.75) is 13.0 Å². The van der Waals surface area contributed by atoms with Crippen LogP contribution in [0.2, 0.25) is 0 Å². The highest BCUT2D eigenvalue weighted by Gasteiger charge is 2.48. The van der Waals surface area contributed by atoms with Gasteiger partial charge in [0, 0.05) is 15.7 Å². The summed E-state index contributed by atoms with van der Waals surface area (Å²) in [5.41, 5.74) is 0.585. The molecule has 29 heavy (non-hydrogen) atoms. The molecule has 146 valence electrons. The highest BCUT2D eigenvalue weighted by atomic mass is 79.9. The maximum absolute atomic E-state index is 13.3. The summed E-state index contributed by atoms with van der Waals surface area (Å²) in [6, 6.07) is 14.4. The molecule has 0 saturated carbocycles. The van der Waals surface area contributed by atoms with Crippen molar-refractivity contribution in [3.63, 3.8) is 0 Å². The third kappa shape index (κ3) is 3.38. The molecule has 0 radical (unpaired) electrons. The number of nitrogens with zero attached hydrogens (tertiary/aromatic N) is 1. The second-order valence-electron chi connectivity index (χ2n) is 6.60. The van der Waals surface area contributed by atoms with Gasteiger partial charge < -0.3 is 9.52 Å². The van der Waals surface area contributed by atoms with E-state index in [1.165, 1.54) is 29.2 Å². The number of aliphatic hydroxyl groups excluding tert-OH is 1. The zero-order chi connectivity index (χ0) is 20.7. The van der Waals surface area contributed by atoms with E-state index in [1.54, 1.807) is 43.3 Å². The number of hydrogen-bond acceptors (Lipinski definition) is 4. The van der Waals surface area contributed by atoms with Crippen LogP contribution in [0, 0.1) is 12.7 Å². The molecule has 0 aliphatic carbocycles. The number of ketones is 1. The van der Waals surface area contributed by atoms with Crippen LogP contribution in [-0.4, -0.2) is 16.8 Å². The predicted molar refractivity (Wildman–Crippen MR) is 109 cm³/mol. The molecule has 1 atom stereocenters. The lowest BCUT2D eigenvalue weighted by atomic mass is 9.99. The summed E-state index contributed by atoms with van der Waals surface area (Å²) in [5, 5.41) is 10.9. The van der Waals surface area contributed by atoms with Crippen LogP contribution in [0.25, 0.3) is 5.76 Å². The standard InChI is InChI=1S/C22H15BrFNO4/c1-12-5-10-17(29-12)19-18(20(26)13-6-8-15(24)9-7-13)21(27)22(28)25(19)16-4-2-3-14(23)11-16/h2-11,19,26H,1H3/b20-18-. The van der Waals surface area contributed by atoms with Gasteiger partial charge in [0.05, 0.1) is 5.57 Å². The normalized spacial score (nSPS) is 18.4. The van der Waals surface area contributed by atoms with E-state index in [9.17, 15) is 19.1 Å². The fraction of sp³-hybridized carbons (Fsp3) is 0.0909. The second-order valence-corrected chi connectivity index (χ2v) is 7.52. The average Bonchev–Trinajstić information content (AvgIpc) is 3.23. The first-order chi connectivity index (χ1) is 13.9. The van der Waals surface area contributed by atoms with Gasteiger partial charge in [0.25, 0.3) is 11.7 Å². The van der Waals surface area contributed by atoms with Crippen molar-refractivity contribution in [1.29, 1.82) is 0 Å². The van der Waals surface area contributed by atoms with Crippen molar-refractivity contribution in [1.82, 2.24) is 0 Å². The molecular formula is C22H15BrFNO4. The van der Waals surface area contributed by atoms with Crippen molar-refractivity contribution >= 4 is 39.1 Å². The number of benzene rings is 2. The summed E-state index contributed by atoms with van der Waals surface area (Å²) >= 11 is 3.37. The molecule has 2 aromatic carbocycles. The molecular weight excluding hydrogens is 441 g/mol. The van der Waals surface area contributed by atoms with Crippen molar-refractivity contribution in [2.75, 3.05) is 4.90 Å². The first kappa shape index (κ1) is 19.1. The molecule has 4 rings (SSSR count). The van der Waals surface area contributed by atoms with E-state index in [4.69, 9.17) is 4.42 Å². The van der Waals surface area contributed by atoms with Gasteiger partial charge in [-0.15, -0.1) is 0 Å². The molecule has 0 spiro atoms. The van der Waals surface area contributed by atoms with Gasteiger partial charge in [-0.1, -0.05) is 22.0 Å². The molecule has 1 unspecified atom stereocenters. The maximum Gasteiger partial charge on any atom is 0.300 e. The minimum atomic E-state index is -0.956. The smallest absolute Gasteiger partial charge is 0.300 e. The average molecular weight is 456 g/mol. The van der Waals surface area contributed by atoms with E-state index >= 15 is 0 Å². The highest BCUT2D eigenvalue weighted by Crippen LogP contribution is 2.43. The van der Waals surface area contributed by atoms with Crippen LogP contribution in [0.4, 0.5) is 10.1 Å². The molecule has 1 aliphatic rings. The van der Waals surface area contributed by atoms with E-state index in [0.29, 0.717) is 17.2 Å². The van der Waals surface area contributed by atoms with Crippen molar-refractivity contribution in [2.24, 2.45) is 0 Å². The monoisotopic (exact) mass is 455 g/mol. The first-order valence-electron chi connectivity index (χ1n) is 8.75. The van der Waals surface area contributed by atoms with Crippen LogP contribution in [-0.2, 0) is 9.59 Å². The Labute approximate surface area is 174 Å². The molecule has 5 nitrogen and oxygen atoms in total. The summed E-state index contributed by atoms with van der Waals surface area (Å²) in [6.45, 7) is 1.74. The van der Waals surface area contributed by atoms with E-state index < -0.39 is 23.5 Å². The maximum atomic E-state index is 13.3. The lowest BCUT2D eigenvalue weighted by molar-refractivity contribution is -0.132. The van der Waals surface area contributed by atoms with Gasteiger partial charge in [0.1, 0.15) is 29.1 Å². The number of carbonyl (C=O) groups is 2. The molecule has 1 fully saturated rings. The Morgan fingerprint density at radius 3 is 2.45 bits per heavy atom. The molecule has 1 aromatic heterocycles. The molecule has 2 heterocycles. The minimum absolute atomic E-state index is 0.115. The second kappa shape index (κ2) is 7.33. The quantitative estimate of drug-likeness (QED) is 0.338. The van der Waals surface area contributed by atoms with Crippen molar-refractivity contribution in [3.8, 4) is 0 Å². The zero-order valence-corrected chi connectivity index (χ0v) is 16.8. The molecule has 1 N–H and O–H groups in total. The molecule has 1 aliphatic heterocycles. The minimum Gasteiger partial charge on any atom is -0.507 e. The topological polar surface area (TPSA) is 70.8 Å². The van der Waals surface area contributed by atoms with Gasteiger partial charge in [-0.3, -0.25) is 14.5 Å². The molecule has 3 aromatic rings. The van der Waals surface area contributed by atoms with E-state index in [0.717, 1.165) is 4.47 Å². The van der Waals surface area contributed by atoms with Crippen LogP contribution in [0.5, 0.6) is 0 Å². The summed E-state index contributed by atoms with van der Waals surface area (Å²) in [5.74, 6) is -1.56. The Balaban J connectivity index is 1.94. The number of rotatable bonds is 3. The van der Waals surface area contributed by atoms with Gasteiger partial charge in [0.2, 0.25) is 0 Å². The van der Waals surface area contributed by atoms with Crippen molar-refractivity contribution in [3.05, 3.63) is 93.6 Å². The summed E-state index contributed by atoms with van der Waals surface area (Å²) in [7, 11) is 0. The number of aliphatic hydroxyl groups is 1. The Morgan fingerprint density at radius 1 is 1.10 bits per heavy atom. The summed E-state index contributed by atoms with van der Waals surface area (Å²) < 4.78 is 19.7. The van der Waals surface area contributed by atoms with Crippen LogP contribution >= 0.6 is 15.9 Å². The number of halogens is 2. The zero-order valence-electron chi connectivity index (χ0n) is 15.2. The predicted octanol–water partition coefficient (Wildman–Crippen LogP) is 5.12. The van der Waals surface area contributed by atoms with Gasteiger partial charge in [-0.05, 0) is 61.5 Å². The van der Waals surface area contributed by atoms with Gasteiger partial charge in [-0.25, -0.2) is 4.39 Å². The summed E-state index contributed by atoms with van der Waals surface area (Å²) in [6.07, 6.45) is 0. The Bertz CT molecular complexity index is 1150. The third-order valence-electron chi connectivity index (χ3n) is 4.68. The Morgan fingerprint density at radius 2 is 1.83 bits per heavy atom. The fourth-order valence-corrected chi connectivity index (χ4v) is 3.74. The number of aryl methyl sites for hydroxylation is 1. The number of amides is 1. The molecule has 1 amide bonds. The lowest BCUT2D eigenvalue weighted by Gasteiger charge is -2.23. The van der Waals surface area contributed by atoms with Crippen LogP contribution in [0.3, 0.4) is 0 Å². The van der Waals surface area contributed by atoms with Crippen LogP contribution in [0.15, 0.2) is 75.1 Å². The summed E-state index contributed by atoms with van der Waals surface area (Å²) in [4.78, 5) is 27.1. The van der Waals surface area contributed by atoms with Crippen LogP contribution in [0.1, 0.15) is 23.1 Å². The van der Waals surface area contributed by atoms with Crippen LogP contribution < -0.4 is 4.90 Å². The number of anilines is 1. The number of carbonyl (C=O) groups excluding carboxylic acids is 2. The van der Waals surface area contributed by atoms with E-state index in [1.807, 2.05) is 0 Å². The SMILES string of the molecule is Cc1ccc(C2/C(=C(/O)c3ccc(F)cc3)C(=O)C(=O)N2c2cccc(Br)c2)o1. The molecule has 7 heteroatoms. The van der Waals surface area contributed by atoms with Gasteiger partial charge in [-0.2, -0.15) is 0 Å². The molecule has 0 bridgehead atoms. The Kier molecular flexibility index (Phi) is 4.84. The largest absolute Gasteiger partial charge is 0.507 e. The lowest BCUT2D eigenvalue weighted by Crippen LogP contribution is -2.29. The third-order valence-corrected chi connectivity index (χ3v) is 5.17. The highest BCUT2D eigenvalue weighted by molar-refractivity contribution is 9.10. The fourth-order valence-electron chi connectivity index (χ4n) is 3.36.